The second-order valence-electron chi connectivity index (χ2n) is 5.88. The van der Waals surface area contributed by atoms with Crippen LogP contribution in [0, 0.1) is 12.7 Å². The molecular formula is C19H17FN2O3S2. The van der Waals surface area contributed by atoms with Crippen molar-refractivity contribution in [2.75, 3.05) is 5.32 Å². The van der Waals surface area contributed by atoms with E-state index in [4.69, 9.17) is 4.74 Å². The van der Waals surface area contributed by atoms with Gasteiger partial charge in [-0.05, 0) is 43.0 Å². The molecular weight excluding hydrogens is 387 g/mol. The number of nitrogens with zero attached hydrogens (tertiary/aromatic N) is 1. The molecule has 0 radical (unpaired) electrons. The van der Waals surface area contributed by atoms with Crippen molar-refractivity contribution in [2.45, 2.75) is 26.4 Å². The number of hydrogen-bond donors (Lipinski definition) is 1. The number of nitrogens with one attached hydrogen (secondary N) is 1. The molecule has 140 valence electrons. The highest BCUT2D eigenvalue weighted by Crippen LogP contribution is 2.28. The predicted octanol–water partition coefficient (Wildman–Crippen LogP) is 4.43. The average molecular weight is 404 g/mol. The maximum atomic E-state index is 13.5. The maximum Gasteiger partial charge on any atom is 0.312 e. The van der Waals surface area contributed by atoms with Gasteiger partial charge < -0.3 is 10.1 Å². The highest BCUT2D eigenvalue weighted by Gasteiger charge is 2.19. The van der Waals surface area contributed by atoms with Crippen molar-refractivity contribution >= 4 is 40.2 Å². The third-order valence-electron chi connectivity index (χ3n) is 3.73. The van der Waals surface area contributed by atoms with Crippen LogP contribution in [0.3, 0.4) is 0 Å². The van der Waals surface area contributed by atoms with Crippen molar-refractivity contribution < 1.29 is 18.7 Å². The third-order valence-corrected chi connectivity index (χ3v) is 5.66. The summed E-state index contributed by atoms with van der Waals surface area (Å²) in [7, 11) is 0. The molecule has 0 bridgehead atoms. The van der Waals surface area contributed by atoms with Gasteiger partial charge in [-0.1, -0.05) is 12.1 Å². The Morgan fingerprint density at radius 2 is 2.11 bits per heavy atom. The monoisotopic (exact) mass is 404 g/mol. The molecule has 2 aromatic heterocycles. The minimum absolute atomic E-state index is 0.0152. The fourth-order valence-corrected chi connectivity index (χ4v) is 3.89. The van der Waals surface area contributed by atoms with Crippen LogP contribution in [0.15, 0.2) is 41.1 Å². The number of rotatable bonds is 6. The summed E-state index contributed by atoms with van der Waals surface area (Å²) < 4.78 is 18.7. The molecule has 0 saturated carbocycles. The number of thiophene rings is 1. The normalized spacial score (nSPS) is 11.8. The van der Waals surface area contributed by atoms with Crippen LogP contribution in [0.25, 0.3) is 9.88 Å². The van der Waals surface area contributed by atoms with E-state index >= 15 is 0 Å². The number of anilines is 1. The number of hydrogen-bond acceptors (Lipinski definition) is 6. The fraction of sp³-hybridized carbons (Fsp3) is 0.211. The fourth-order valence-electron chi connectivity index (χ4n) is 2.26. The second kappa shape index (κ2) is 8.41. The van der Waals surface area contributed by atoms with Crippen LogP contribution in [0.4, 0.5) is 10.1 Å². The second-order valence-corrected chi connectivity index (χ2v) is 7.69. The van der Waals surface area contributed by atoms with E-state index in [-0.39, 0.29) is 6.42 Å². The molecule has 2 heterocycles. The van der Waals surface area contributed by atoms with E-state index in [2.05, 4.69) is 10.3 Å². The first-order valence-corrected chi connectivity index (χ1v) is 9.93. The number of aromatic nitrogens is 1. The molecule has 0 unspecified atom stereocenters. The van der Waals surface area contributed by atoms with Gasteiger partial charge in [-0.15, -0.1) is 22.7 Å². The maximum absolute atomic E-state index is 13.5. The van der Waals surface area contributed by atoms with Crippen LogP contribution in [-0.4, -0.2) is 23.0 Å². The van der Waals surface area contributed by atoms with Crippen LogP contribution in [0.1, 0.15) is 18.2 Å². The first-order chi connectivity index (χ1) is 12.9. The Hall–Kier alpha value is -2.58. The van der Waals surface area contributed by atoms with Gasteiger partial charge in [0.25, 0.3) is 5.91 Å². The quantitative estimate of drug-likeness (QED) is 0.617. The Balaban J connectivity index is 1.53. The molecule has 0 aliphatic heterocycles. The molecule has 0 spiro atoms. The van der Waals surface area contributed by atoms with E-state index in [0.29, 0.717) is 16.9 Å². The zero-order valence-corrected chi connectivity index (χ0v) is 16.3. The Bertz CT molecular complexity index is 954. The largest absolute Gasteiger partial charge is 0.452 e. The molecule has 27 heavy (non-hydrogen) atoms. The van der Waals surface area contributed by atoms with Gasteiger partial charge in [0, 0.05) is 11.1 Å². The first-order valence-electron chi connectivity index (χ1n) is 8.17. The highest BCUT2D eigenvalue weighted by molar-refractivity contribution is 7.20. The highest BCUT2D eigenvalue weighted by atomic mass is 32.1. The molecule has 1 amide bonds. The molecule has 0 aliphatic rings. The predicted molar refractivity (Wildman–Crippen MR) is 104 cm³/mol. The Morgan fingerprint density at radius 1 is 1.30 bits per heavy atom. The smallest absolute Gasteiger partial charge is 0.312 e. The lowest BCUT2D eigenvalue weighted by molar-refractivity contribution is -0.152. The summed E-state index contributed by atoms with van der Waals surface area (Å²) in [5.41, 5.74) is 1.39. The number of amides is 1. The molecule has 3 aromatic rings. The summed E-state index contributed by atoms with van der Waals surface area (Å²) in [6.07, 6.45) is -1.02. The molecule has 1 aromatic carbocycles. The Kier molecular flexibility index (Phi) is 5.98. The topological polar surface area (TPSA) is 68.3 Å². The minimum Gasteiger partial charge on any atom is -0.452 e. The first kappa shape index (κ1) is 19.2. The lowest BCUT2D eigenvalue weighted by Crippen LogP contribution is -2.30. The number of esters is 1. The SMILES string of the molecule is Cc1ccc(NC(=O)[C@H](C)OC(=O)Cc2csc(-c3cccs3)n2)cc1F. The molecule has 3 rings (SSSR count). The van der Waals surface area contributed by atoms with Gasteiger partial charge in [-0.3, -0.25) is 9.59 Å². The molecule has 0 saturated heterocycles. The van der Waals surface area contributed by atoms with Crippen molar-refractivity contribution in [2.24, 2.45) is 0 Å². The van der Waals surface area contributed by atoms with E-state index in [9.17, 15) is 14.0 Å². The number of thiazole rings is 1. The summed E-state index contributed by atoms with van der Waals surface area (Å²) in [6, 6.07) is 8.28. The van der Waals surface area contributed by atoms with Gasteiger partial charge in [0.05, 0.1) is 17.0 Å². The lowest BCUT2D eigenvalue weighted by atomic mass is 10.2. The van der Waals surface area contributed by atoms with Crippen LogP contribution in [0.5, 0.6) is 0 Å². The number of ether oxygens (including phenoxy) is 1. The Labute approximate surface area is 163 Å². The molecule has 5 nitrogen and oxygen atoms in total. The van der Waals surface area contributed by atoms with E-state index in [1.54, 1.807) is 35.8 Å². The zero-order chi connectivity index (χ0) is 19.4. The van der Waals surface area contributed by atoms with E-state index in [1.165, 1.54) is 24.3 Å². The molecule has 0 fully saturated rings. The van der Waals surface area contributed by atoms with Gasteiger partial charge >= 0.3 is 5.97 Å². The van der Waals surface area contributed by atoms with Gasteiger partial charge in [-0.25, -0.2) is 9.37 Å². The van der Waals surface area contributed by atoms with E-state index in [0.717, 1.165) is 9.88 Å². The van der Waals surface area contributed by atoms with Gasteiger partial charge in [-0.2, -0.15) is 0 Å². The standard InChI is InChI=1S/C19H17FN2O3S2/c1-11-5-6-13(8-15(11)20)21-18(24)12(2)25-17(23)9-14-10-27-19(22-14)16-4-3-7-26-16/h3-8,10,12H,9H2,1-2H3,(H,21,24)/t12-/m0/s1. The number of benzene rings is 1. The number of halogens is 1. The summed E-state index contributed by atoms with van der Waals surface area (Å²) >= 11 is 3.03. The lowest BCUT2D eigenvalue weighted by Gasteiger charge is -2.13. The minimum atomic E-state index is -1.00. The molecule has 1 atom stereocenters. The van der Waals surface area contributed by atoms with Crippen LogP contribution >= 0.6 is 22.7 Å². The summed E-state index contributed by atoms with van der Waals surface area (Å²) in [5, 5.41) is 7.15. The van der Waals surface area contributed by atoms with Gasteiger partial charge in [0.15, 0.2) is 6.10 Å². The van der Waals surface area contributed by atoms with Crippen molar-refractivity contribution in [1.29, 1.82) is 0 Å². The van der Waals surface area contributed by atoms with Crippen molar-refractivity contribution in [3.05, 3.63) is 58.2 Å². The number of aryl methyl sites for hydroxylation is 1. The van der Waals surface area contributed by atoms with Gasteiger partial charge in [0.2, 0.25) is 0 Å². The molecule has 0 aliphatic carbocycles. The van der Waals surface area contributed by atoms with Crippen molar-refractivity contribution in [3.63, 3.8) is 0 Å². The number of carbonyl (C=O) groups is 2. The molecule has 8 heteroatoms. The third kappa shape index (κ3) is 4.99. The van der Waals surface area contributed by atoms with Crippen LogP contribution in [-0.2, 0) is 20.7 Å². The zero-order valence-electron chi connectivity index (χ0n) is 14.7. The van der Waals surface area contributed by atoms with Crippen molar-refractivity contribution in [1.82, 2.24) is 4.98 Å². The van der Waals surface area contributed by atoms with Crippen LogP contribution < -0.4 is 5.32 Å². The number of carbonyl (C=O) groups excluding carboxylic acids is 2. The molecule has 1 N–H and O–H groups in total. The Morgan fingerprint density at radius 3 is 2.81 bits per heavy atom. The van der Waals surface area contributed by atoms with Crippen LogP contribution in [0.2, 0.25) is 0 Å². The summed E-state index contributed by atoms with van der Waals surface area (Å²) in [4.78, 5) is 29.7. The van der Waals surface area contributed by atoms with Gasteiger partial charge in [0.1, 0.15) is 10.8 Å². The van der Waals surface area contributed by atoms with E-state index in [1.807, 2.05) is 17.5 Å². The summed E-state index contributed by atoms with van der Waals surface area (Å²) in [5.74, 6) is -1.48. The van der Waals surface area contributed by atoms with Crippen molar-refractivity contribution in [3.8, 4) is 9.88 Å². The summed E-state index contributed by atoms with van der Waals surface area (Å²) in [6.45, 7) is 3.10. The average Bonchev–Trinajstić information content (AvgIpc) is 3.29. The van der Waals surface area contributed by atoms with E-state index < -0.39 is 23.8 Å².